The molecule has 4 rings (SSSR count). The molecule has 2 aromatic heterocycles. The van der Waals surface area contributed by atoms with Gasteiger partial charge in [-0.25, -0.2) is 9.97 Å². The number of likely N-dealkylation sites (N-methyl/N-ethyl adjacent to an activating group) is 1. The molecule has 1 saturated carbocycles. The van der Waals surface area contributed by atoms with Gasteiger partial charge in [-0.1, -0.05) is 6.07 Å². The Labute approximate surface area is 140 Å². The maximum Gasteiger partial charge on any atom is 0.202 e. The van der Waals surface area contributed by atoms with E-state index >= 15 is 0 Å². The van der Waals surface area contributed by atoms with Crippen LogP contribution in [-0.4, -0.2) is 52.5 Å². The Hall–Kier alpha value is -1.73. The summed E-state index contributed by atoms with van der Waals surface area (Å²) in [6.07, 6.45) is 4.45. The van der Waals surface area contributed by atoms with Crippen LogP contribution in [0.4, 0.5) is 10.9 Å². The van der Waals surface area contributed by atoms with Gasteiger partial charge in [-0.2, -0.15) is 4.37 Å². The number of rotatable bonds is 5. The lowest BCUT2D eigenvalue weighted by Crippen LogP contribution is -2.44. The highest BCUT2D eigenvalue weighted by atomic mass is 32.1. The van der Waals surface area contributed by atoms with Crippen molar-refractivity contribution in [1.82, 2.24) is 19.2 Å². The third-order valence-electron chi connectivity index (χ3n) is 4.46. The molecule has 0 spiro atoms. The summed E-state index contributed by atoms with van der Waals surface area (Å²) in [5, 5.41) is 4.27. The van der Waals surface area contributed by atoms with Crippen molar-refractivity contribution in [3.05, 3.63) is 29.7 Å². The summed E-state index contributed by atoms with van der Waals surface area (Å²) >= 11 is 1.46. The number of aromatic nitrogens is 3. The number of nitrogens with one attached hydrogen (secondary N) is 1. The van der Waals surface area contributed by atoms with Gasteiger partial charge in [-0.3, -0.25) is 0 Å². The molecule has 0 radical (unpaired) electrons. The molecule has 122 valence electrons. The predicted molar refractivity (Wildman–Crippen MR) is 93.2 cm³/mol. The van der Waals surface area contributed by atoms with Crippen LogP contribution in [0.25, 0.3) is 0 Å². The standard InChI is InChI=1S/C16H22N6S/c1-21-6-8-22(9-7-21)14-5-2-12(10-17-14)11-18-16-19-15(20-23-16)13-3-4-13/h2,5,10,13H,3-4,6-9,11H2,1H3,(H,18,19,20). The van der Waals surface area contributed by atoms with Crippen molar-refractivity contribution < 1.29 is 0 Å². The molecular formula is C16H22N6S. The quantitative estimate of drug-likeness (QED) is 0.907. The smallest absolute Gasteiger partial charge is 0.202 e. The summed E-state index contributed by atoms with van der Waals surface area (Å²) in [4.78, 5) is 13.9. The van der Waals surface area contributed by atoms with E-state index in [0.29, 0.717) is 5.92 Å². The topological polar surface area (TPSA) is 57.2 Å². The van der Waals surface area contributed by atoms with Crippen molar-refractivity contribution in [2.75, 3.05) is 43.4 Å². The third-order valence-corrected chi connectivity index (χ3v) is 5.15. The Morgan fingerprint density at radius 3 is 2.74 bits per heavy atom. The number of anilines is 2. The van der Waals surface area contributed by atoms with E-state index in [0.717, 1.165) is 49.5 Å². The van der Waals surface area contributed by atoms with Gasteiger partial charge in [0.15, 0.2) is 0 Å². The summed E-state index contributed by atoms with van der Waals surface area (Å²) in [5.74, 6) is 2.71. The fourth-order valence-electron chi connectivity index (χ4n) is 2.74. The van der Waals surface area contributed by atoms with Crippen LogP contribution >= 0.6 is 11.5 Å². The van der Waals surface area contributed by atoms with E-state index in [9.17, 15) is 0 Å². The summed E-state index contributed by atoms with van der Waals surface area (Å²) in [7, 11) is 2.17. The molecule has 23 heavy (non-hydrogen) atoms. The van der Waals surface area contributed by atoms with E-state index in [1.54, 1.807) is 0 Å². The van der Waals surface area contributed by atoms with Gasteiger partial charge in [0.2, 0.25) is 5.13 Å². The van der Waals surface area contributed by atoms with Gasteiger partial charge in [0.05, 0.1) is 0 Å². The molecular weight excluding hydrogens is 308 g/mol. The second-order valence-electron chi connectivity index (χ2n) is 6.40. The molecule has 0 unspecified atom stereocenters. The van der Waals surface area contributed by atoms with Crippen molar-refractivity contribution in [3.63, 3.8) is 0 Å². The van der Waals surface area contributed by atoms with Gasteiger partial charge in [0.25, 0.3) is 0 Å². The zero-order valence-electron chi connectivity index (χ0n) is 13.4. The van der Waals surface area contributed by atoms with Crippen LogP contribution in [0.1, 0.15) is 30.1 Å². The largest absolute Gasteiger partial charge is 0.356 e. The van der Waals surface area contributed by atoms with E-state index < -0.39 is 0 Å². The van der Waals surface area contributed by atoms with Crippen LogP contribution in [-0.2, 0) is 6.54 Å². The van der Waals surface area contributed by atoms with E-state index in [2.05, 4.69) is 48.6 Å². The first kappa shape index (κ1) is 14.8. The second kappa shape index (κ2) is 6.41. The zero-order chi connectivity index (χ0) is 15.6. The summed E-state index contributed by atoms with van der Waals surface area (Å²) in [5.41, 5.74) is 1.17. The fourth-order valence-corrected chi connectivity index (χ4v) is 3.38. The SMILES string of the molecule is CN1CCN(c2ccc(CNc3nc(C4CC4)ns3)cn2)CC1. The maximum absolute atomic E-state index is 4.62. The van der Waals surface area contributed by atoms with Crippen molar-refractivity contribution >= 4 is 22.5 Å². The molecule has 2 aliphatic rings. The Morgan fingerprint density at radius 2 is 2.04 bits per heavy atom. The van der Waals surface area contributed by atoms with Crippen LogP contribution in [0.3, 0.4) is 0 Å². The first-order valence-electron chi connectivity index (χ1n) is 8.24. The second-order valence-corrected chi connectivity index (χ2v) is 7.15. The van der Waals surface area contributed by atoms with E-state index in [1.807, 2.05) is 6.20 Å². The lowest BCUT2D eigenvalue weighted by Gasteiger charge is -2.33. The lowest BCUT2D eigenvalue weighted by atomic mass is 10.2. The average Bonchev–Trinajstić information content (AvgIpc) is 3.33. The van der Waals surface area contributed by atoms with E-state index in [4.69, 9.17) is 0 Å². The predicted octanol–water partition coefficient (Wildman–Crippen LogP) is 2.17. The minimum Gasteiger partial charge on any atom is -0.356 e. The number of piperazine rings is 1. The first-order chi connectivity index (χ1) is 11.3. The van der Waals surface area contributed by atoms with Crippen LogP contribution in [0.15, 0.2) is 18.3 Å². The highest BCUT2D eigenvalue weighted by molar-refractivity contribution is 7.09. The van der Waals surface area contributed by atoms with Crippen LogP contribution in [0.2, 0.25) is 0 Å². The first-order valence-corrected chi connectivity index (χ1v) is 9.01. The van der Waals surface area contributed by atoms with Gasteiger partial charge < -0.3 is 15.1 Å². The van der Waals surface area contributed by atoms with Crippen molar-refractivity contribution in [2.45, 2.75) is 25.3 Å². The lowest BCUT2D eigenvalue weighted by molar-refractivity contribution is 0.312. The number of pyridine rings is 1. The molecule has 1 saturated heterocycles. The molecule has 1 N–H and O–H groups in total. The van der Waals surface area contributed by atoms with Crippen molar-refractivity contribution in [2.24, 2.45) is 0 Å². The molecule has 7 heteroatoms. The average molecular weight is 330 g/mol. The Bertz CT molecular complexity index is 643. The minimum atomic E-state index is 0.617. The number of nitrogens with zero attached hydrogens (tertiary/aromatic N) is 5. The summed E-state index contributed by atoms with van der Waals surface area (Å²) in [6.45, 7) is 5.05. The summed E-state index contributed by atoms with van der Waals surface area (Å²) in [6, 6.07) is 4.27. The van der Waals surface area contributed by atoms with Crippen LogP contribution < -0.4 is 10.2 Å². The van der Waals surface area contributed by atoms with Crippen molar-refractivity contribution in [3.8, 4) is 0 Å². The molecule has 6 nitrogen and oxygen atoms in total. The van der Waals surface area contributed by atoms with Gasteiger partial charge in [-0.05, 0) is 31.5 Å². The van der Waals surface area contributed by atoms with Crippen LogP contribution in [0, 0.1) is 0 Å². The highest BCUT2D eigenvalue weighted by Crippen LogP contribution is 2.39. The molecule has 2 aromatic rings. The Kier molecular flexibility index (Phi) is 4.13. The van der Waals surface area contributed by atoms with Crippen LogP contribution in [0.5, 0.6) is 0 Å². The zero-order valence-corrected chi connectivity index (χ0v) is 14.2. The Morgan fingerprint density at radius 1 is 1.22 bits per heavy atom. The maximum atomic E-state index is 4.62. The highest BCUT2D eigenvalue weighted by Gasteiger charge is 2.27. The Balaban J connectivity index is 1.32. The third kappa shape index (κ3) is 3.61. The molecule has 1 aliphatic heterocycles. The number of hydrogen-bond donors (Lipinski definition) is 1. The summed E-state index contributed by atoms with van der Waals surface area (Å²) < 4.78 is 4.41. The minimum absolute atomic E-state index is 0.617. The molecule has 2 fully saturated rings. The molecule has 3 heterocycles. The molecule has 1 aliphatic carbocycles. The van der Waals surface area contributed by atoms with E-state index in [1.165, 1.54) is 29.9 Å². The van der Waals surface area contributed by atoms with Crippen molar-refractivity contribution in [1.29, 1.82) is 0 Å². The normalized spacial score (nSPS) is 19.1. The molecule has 0 aromatic carbocycles. The molecule has 0 bridgehead atoms. The fraction of sp³-hybridized carbons (Fsp3) is 0.562. The molecule has 0 amide bonds. The van der Waals surface area contributed by atoms with E-state index in [-0.39, 0.29) is 0 Å². The van der Waals surface area contributed by atoms with Gasteiger partial charge in [0.1, 0.15) is 11.6 Å². The van der Waals surface area contributed by atoms with Gasteiger partial charge >= 0.3 is 0 Å². The molecule has 0 atom stereocenters. The van der Waals surface area contributed by atoms with Gasteiger partial charge in [0, 0.05) is 56.4 Å². The van der Waals surface area contributed by atoms with Gasteiger partial charge in [-0.15, -0.1) is 0 Å². The monoisotopic (exact) mass is 330 g/mol. The number of hydrogen-bond acceptors (Lipinski definition) is 7.